The van der Waals surface area contributed by atoms with Crippen LogP contribution < -0.4 is 5.32 Å². The average Bonchev–Trinajstić information content (AvgIpc) is 2.63. The molecule has 1 aliphatic rings. The zero-order chi connectivity index (χ0) is 10.7. The van der Waals surface area contributed by atoms with E-state index >= 15 is 0 Å². The first kappa shape index (κ1) is 10.5. The Bertz CT molecular complexity index is 312. The predicted octanol–water partition coefficient (Wildman–Crippen LogP) is 1.05. The summed E-state index contributed by atoms with van der Waals surface area (Å²) in [6.07, 6.45) is 5.01. The van der Waals surface area contributed by atoms with Gasteiger partial charge in [-0.15, -0.1) is 0 Å². The van der Waals surface area contributed by atoms with Gasteiger partial charge in [0, 0.05) is 31.6 Å². The topological polar surface area (TPSA) is 47.0 Å². The van der Waals surface area contributed by atoms with Crippen molar-refractivity contribution in [3.63, 3.8) is 0 Å². The highest BCUT2D eigenvalue weighted by Crippen LogP contribution is 2.12. The van der Waals surface area contributed by atoms with E-state index in [0.29, 0.717) is 12.1 Å². The number of hydrogen-bond donors (Lipinski definition) is 1. The van der Waals surface area contributed by atoms with Crippen LogP contribution in [-0.2, 0) is 11.3 Å². The Morgan fingerprint density at radius 1 is 1.47 bits per heavy atom. The third-order valence-electron chi connectivity index (χ3n) is 2.76. The van der Waals surface area contributed by atoms with E-state index in [-0.39, 0.29) is 0 Å². The van der Waals surface area contributed by atoms with Crippen molar-refractivity contribution < 1.29 is 4.74 Å². The average molecular weight is 207 g/mol. The van der Waals surface area contributed by atoms with Crippen molar-refractivity contribution in [1.29, 1.82) is 0 Å². The van der Waals surface area contributed by atoms with Crippen LogP contribution in [0.15, 0.2) is 12.4 Å². The summed E-state index contributed by atoms with van der Waals surface area (Å²) in [6.45, 7) is 5.67. The Labute approximate surface area is 90.1 Å². The summed E-state index contributed by atoms with van der Waals surface area (Å²) in [6, 6.07) is 0.452. The minimum Gasteiger partial charge on any atom is -0.377 e. The molecule has 2 atom stereocenters. The lowest BCUT2D eigenvalue weighted by molar-refractivity contribution is 0.113. The van der Waals surface area contributed by atoms with Gasteiger partial charge < -0.3 is 10.1 Å². The fraction of sp³-hybridized carbons (Fsp3) is 0.636. The summed E-state index contributed by atoms with van der Waals surface area (Å²) in [5.74, 6) is 0. The Balaban J connectivity index is 1.85. The Morgan fingerprint density at radius 3 is 2.93 bits per heavy atom. The second-order valence-electron chi connectivity index (χ2n) is 4.00. The molecule has 4 heteroatoms. The van der Waals surface area contributed by atoms with E-state index in [1.165, 1.54) is 0 Å². The number of aromatic nitrogens is 2. The first-order valence-corrected chi connectivity index (χ1v) is 5.38. The van der Waals surface area contributed by atoms with Gasteiger partial charge in [-0.3, -0.25) is 9.97 Å². The lowest BCUT2D eigenvalue weighted by atomic mass is 10.1. The van der Waals surface area contributed by atoms with Crippen LogP contribution in [0.5, 0.6) is 0 Å². The molecule has 0 saturated carbocycles. The molecule has 1 aliphatic heterocycles. The summed E-state index contributed by atoms with van der Waals surface area (Å²) < 4.78 is 5.47. The van der Waals surface area contributed by atoms with Crippen LogP contribution in [0.25, 0.3) is 0 Å². The smallest absolute Gasteiger partial charge is 0.0724 e. The van der Waals surface area contributed by atoms with Gasteiger partial charge in [0.05, 0.1) is 17.5 Å². The van der Waals surface area contributed by atoms with Crippen molar-refractivity contribution >= 4 is 0 Å². The predicted molar refractivity (Wildman–Crippen MR) is 57.4 cm³/mol. The highest BCUT2D eigenvalue weighted by atomic mass is 16.5. The molecule has 0 spiro atoms. The second-order valence-corrected chi connectivity index (χ2v) is 4.00. The van der Waals surface area contributed by atoms with Gasteiger partial charge in [0.15, 0.2) is 0 Å². The molecule has 1 aromatic rings. The number of nitrogens with zero attached hydrogens (tertiary/aromatic N) is 2. The van der Waals surface area contributed by atoms with Gasteiger partial charge in [-0.1, -0.05) is 0 Å². The highest BCUT2D eigenvalue weighted by Gasteiger charge is 2.23. The third kappa shape index (κ3) is 2.73. The van der Waals surface area contributed by atoms with Gasteiger partial charge in [-0.05, 0) is 20.3 Å². The summed E-state index contributed by atoms with van der Waals surface area (Å²) in [4.78, 5) is 8.51. The van der Waals surface area contributed by atoms with Crippen molar-refractivity contribution in [2.75, 3.05) is 6.61 Å². The number of aryl methyl sites for hydroxylation is 1. The van der Waals surface area contributed by atoms with Gasteiger partial charge in [0.2, 0.25) is 0 Å². The largest absolute Gasteiger partial charge is 0.377 e. The van der Waals surface area contributed by atoms with E-state index in [2.05, 4.69) is 22.2 Å². The number of hydrogen-bond acceptors (Lipinski definition) is 4. The number of rotatable bonds is 3. The third-order valence-corrected chi connectivity index (χ3v) is 2.76. The molecule has 4 nitrogen and oxygen atoms in total. The zero-order valence-electron chi connectivity index (χ0n) is 9.23. The standard InChI is InChI=1S/C11H17N3O/c1-8-5-13-10(6-12-8)7-14-11-3-4-15-9(11)2/h5-6,9,11,14H,3-4,7H2,1-2H3. The van der Waals surface area contributed by atoms with Gasteiger partial charge in [0.1, 0.15) is 0 Å². The van der Waals surface area contributed by atoms with Crippen LogP contribution in [0, 0.1) is 6.92 Å². The minimum atomic E-state index is 0.309. The monoisotopic (exact) mass is 207 g/mol. The zero-order valence-corrected chi connectivity index (χ0v) is 9.23. The van der Waals surface area contributed by atoms with Crippen LogP contribution in [0.3, 0.4) is 0 Å². The van der Waals surface area contributed by atoms with E-state index in [1.807, 2.05) is 13.1 Å². The fourth-order valence-corrected chi connectivity index (χ4v) is 1.75. The first-order chi connectivity index (χ1) is 7.25. The van der Waals surface area contributed by atoms with Crippen LogP contribution in [-0.4, -0.2) is 28.7 Å². The quantitative estimate of drug-likeness (QED) is 0.805. The SMILES string of the molecule is Cc1cnc(CNC2CCOC2C)cn1. The summed E-state index contributed by atoms with van der Waals surface area (Å²) in [5.41, 5.74) is 1.94. The van der Waals surface area contributed by atoms with Crippen LogP contribution in [0.1, 0.15) is 24.7 Å². The first-order valence-electron chi connectivity index (χ1n) is 5.38. The Morgan fingerprint density at radius 2 is 2.33 bits per heavy atom. The van der Waals surface area contributed by atoms with E-state index in [4.69, 9.17) is 4.74 Å². The highest BCUT2D eigenvalue weighted by molar-refractivity contribution is 5.00. The summed E-state index contributed by atoms with van der Waals surface area (Å²) in [7, 11) is 0. The summed E-state index contributed by atoms with van der Waals surface area (Å²) >= 11 is 0. The molecule has 1 saturated heterocycles. The molecule has 1 aromatic heterocycles. The van der Waals surface area contributed by atoms with Gasteiger partial charge in [-0.25, -0.2) is 0 Å². The van der Waals surface area contributed by atoms with Crippen molar-refractivity contribution in [2.24, 2.45) is 0 Å². The van der Waals surface area contributed by atoms with Crippen molar-refractivity contribution in [1.82, 2.24) is 15.3 Å². The Kier molecular flexibility index (Phi) is 3.28. The molecule has 2 unspecified atom stereocenters. The molecule has 0 aliphatic carbocycles. The molecule has 82 valence electrons. The van der Waals surface area contributed by atoms with Crippen LogP contribution in [0.4, 0.5) is 0 Å². The van der Waals surface area contributed by atoms with Crippen LogP contribution in [0.2, 0.25) is 0 Å². The molecule has 0 radical (unpaired) electrons. The van der Waals surface area contributed by atoms with Crippen LogP contribution >= 0.6 is 0 Å². The van der Waals surface area contributed by atoms with Crippen molar-refractivity contribution in [3.8, 4) is 0 Å². The van der Waals surface area contributed by atoms with E-state index in [0.717, 1.165) is 31.0 Å². The summed E-state index contributed by atoms with van der Waals surface area (Å²) in [5, 5.41) is 3.44. The molecule has 2 heterocycles. The molecule has 15 heavy (non-hydrogen) atoms. The number of ether oxygens (including phenoxy) is 1. The maximum absolute atomic E-state index is 5.47. The Hall–Kier alpha value is -1.00. The van der Waals surface area contributed by atoms with Crippen molar-refractivity contribution in [3.05, 3.63) is 23.8 Å². The molecule has 0 bridgehead atoms. The number of nitrogens with one attached hydrogen (secondary N) is 1. The van der Waals surface area contributed by atoms with Gasteiger partial charge in [0.25, 0.3) is 0 Å². The molecule has 1 fully saturated rings. The van der Waals surface area contributed by atoms with E-state index in [9.17, 15) is 0 Å². The normalized spacial score (nSPS) is 25.7. The van der Waals surface area contributed by atoms with Gasteiger partial charge >= 0.3 is 0 Å². The van der Waals surface area contributed by atoms with E-state index in [1.54, 1.807) is 6.20 Å². The maximum atomic E-state index is 5.47. The van der Waals surface area contributed by atoms with Crippen molar-refractivity contribution in [2.45, 2.75) is 39.0 Å². The lowest BCUT2D eigenvalue weighted by Gasteiger charge is -2.15. The maximum Gasteiger partial charge on any atom is 0.0724 e. The van der Waals surface area contributed by atoms with E-state index < -0.39 is 0 Å². The molecular formula is C11H17N3O. The molecule has 1 N–H and O–H groups in total. The second kappa shape index (κ2) is 4.68. The fourth-order valence-electron chi connectivity index (χ4n) is 1.75. The minimum absolute atomic E-state index is 0.309. The lowest BCUT2D eigenvalue weighted by Crippen LogP contribution is -2.34. The van der Waals surface area contributed by atoms with Gasteiger partial charge in [-0.2, -0.15) is 0 Å². The molecule has 2 rings (SSSR count). The molecule has 0 amide bonds. The molecule has 0 aromatic carbocycles. The molecular weight excluding hydrogens is 190 g/mol.